The lowest BCUT2D eigenvalue weighted by molar-refractivity contribution is 0.409. The van der Waals surface area contributed by atoms with Crippen LogP contribution >= 0.6 is 11.8 Å². The third-order valence-electron chi connectivity index (χ3n) is 2.24. The maximum absolute atomic E-state index is 3.61. The van der Waals surface area contributed by atoms with E-state index in [9.17, 15) is 0 Å². The van der Waals surface area contributed by atoms with Gasteiger partial charge < -0.3 is 5.32 Å². The highest BCUT2D eigenvalue weighted by Gasteiger charge is 2.28. The van der Waals surface area contributed by atoms with Crippen molar-refractivity contribution in [2.75, 3.05) is 12.3 Å². The molecule has 1 aliphatic rings. The predicted molar refractivity (Wildman–Crippen MR) is 52.9 cm³/mol. The Hall–Kier alpha value is 0.310. The highest BCUT2D eigenvalue weighted by molar-refractivity contribution is 8.00. The number of rotatable bonds is 2. The predicted octanol–water partition coefficient (Wildman–Crippen LogP) is 2.48. The van der Waals surface area contributed by atoms with E-state index in [-0.39, 0.29) is 0 Å². The summed E-state index contributed by atoms with van der Waals surface area (Å²) in [6.45, 7) is 8.09. The molecule has 1 N–H and O–H groups in total. The van der Waals surface area contributed by atoms with Gasteiger partial charge in [-0.3, -0.25) is 0 Å². The second kappa shape index (κ2) is 3.81. The lowest BCUT2D eigenvalue weighted by Crippen LogP contribution is -2.46. The first-order valence-electron chi connectivity index (χ1n) is 4.55. The summed E-state index contributed by atoms with van der Waals surface area (Å²) in [4.78, 5) is 0.376. The van der Waals surface area contributed by atoms with Crippen LogP contribution in [0.2, 0.25) is 0 Å². The molecule has 11 heavy (non-hydrogen) atoms. The minimum atomic E-state index is 0.376. The Morgan fingerprint density at radius 1 is 1.64 bits per heavy atom. The summed E-state index contributed by atoms with van der Waals surface area (Å²) in [5, 5.41) is 3.61. The Kier molecular flexibility index (Phi) is 3.26. The summed E-state index contributed by atoms with van der Waals surface area (Å²) >= 11 is 2.09. The highest BCUT2D eigenvalue weighted by atomic mass is 32.2. The largest absolute Gasteiger partial charge is 0.303 e. The van der Waals surface area contributed by atoms with Crippen molar-refractivity contribution in [1.29, 1.82) is 0 Å². The molecule has 0 radical (unpaired) electrons. The summed E-state index contributed by atoms with van der Waals surface area (Å²) in [7, 11) is 0. The normalized spacial score (nSPS) is 39.0. The minimum Gasteiger partial charge on any atom is -0.303 e. The van der Waals surface area contributed by atoms with Gasteiger partial charge >= 0.3 is 0 Å². The van der Waals surface area contributed by atoms with E-state index in [1.165, 1.54) is 25.1 Å². The summed E-state index contributed by atoms with van der Waals surface area (Å²) in [6, 6.07) is 0. The average Bonchev–Trinajstić information content (AvgIpc) is 1.97. The van der Waals surface area contributed by atoms with E-state index in [0.29, 0.717) is 4.87 Å². The summed E-state index contributed by atoms with van der Waals surface area (Å²) in [5.74, 6) is 2.17. The average molecular weight is 173 g/mol. The topological polar surface area (TPSA) is 12.0 Å². The number of thioether (sulfide) groups is 1. The molecule has 1 rings (SSSR count). The smallest absolute Gasteiger partial charge is 0.0616 e. The van der Waals surface area contributed by atoms with Gasteiger partial charge in [-0.15, -0.1) is 11.8 Å². The lowest BCUT2D eigenvalue weighted by Gasteiger charge is -2.37. The van der Waals surface area contributed by atoms with Crippen molar-refractivity contribution in [1.82, 2.24) is 5.32 Å². The number of hydrogen-bond donors (Lipinski definition) is 1. The number of hydrogen-bond acceptors (Lipinski definition) is 2. The maximum Gasteiger partial charge on any atom is 0.0616 e. The van der Waals surface area contributed by atoms with Crippen LogP contribution in [0.4, 0.5) is 0 Å². The van der Waals surface area contributed by atoms with E-state index in [2.05, 4.69) is 37.8 Å². The molecule has 0 spiro atoms. The molecular weight excluding hydrogens is 154 g/mol. The highest BCUT2D eigenvalue weighted by Crippen LogP contribution is 2.32. The van der Waals surface area contributed by atoms with Crippen LogP contribution in [0.1, 0.15) is 33.6 Å². The van der Waals surface area contributed by atoms with Gasteiger partial charge in [0, 0.05) is 0 Å². The summed E-state index contributed by atoms with van der Waals surface area (Å²) < 4.78 is 0. The van der Waals surface area contributed by atoms with E-state index in [0.717, 1.165) is 5.92 Å². The standard InChI is InChI=1S/C9H19NS/c1-4-5-9(3)10-6-8(2)7-11-9/h8,10H,4-7H2,1-3H3. The lowest BCUT2D eigenvalue weighted by atomic mass is 10.1. The molecule has 2 heteroatoms. The van der Waals surface area contributed by atoms with Crippen molar-refractivity contribution >= 4 is 11.8 Å². The maximum atomic E-state index is 3.61. The SMILES string of the molecule is CCCC1(C)NCC(C)CS1. The first-order valence-corrected chi connectivity index (χ1v) is 5.54. The molecule has 0 amide bonds. The fourth-order valence-electron chi connectivity index (χ4n) is 1.46. The Labute approximate surface area is 74.3 Å². The van der Waals surface area contributed by atoms with Gasteiger partial charge in [-0.2, -0.15) is 0 Å². The molecule has 1 fully saturated rings. The van der Waals surface area contributed by atoms with Gasteiger partial charge in [0.1, 0.15) is 0 Å². The molecule has 1 saturated heterocycles. The molecule has 2 atom stereocenters. The Balaban J connectivity index is 2.35. The van der Waals surface area contributed by atoms with Crippen molar-refractivity contribution in [2.24, 2.45) is 5.92 Å². The quantitative estimate of drug-likeness (QED) is 0.688. The molecule has 1 aliphatic heterocycles. The van der Waals surface area contributed by atoms with Crippen LogP contribution in [0.5, 0.6) is 0 Å². The molecule has 0 bridgehead atoms. The van der Waals surface area contributed by atoms with Crippen LogP contribution in [0.15, 0.2) is 0 Å². The second-order valence-corrected chi connectivity index (χ2v) is 5.30. The second-order valence-electron chi connectivity index (χ2n) is 3.78. The van der Waals surface area contributed by atoms with Gasteiger partial charge in [-0.25, -0.2) is 0 Å². The van der Waals surface area contributed by atoms with Crippen LogP contribution in [0.3, 0.4) is 0 Å². The van der Waals surface area contributed by atoms with Crippen molar-refractivity contribution in [2.45, 2.75) is 38.5 Å². The van der Waals surface area contributed by atoms with Gasteiger partial charge in [0.25, 0.3) is 0 Å². The van der Waals surface area contributed by atoms with Gasteiger partial charge in [0.15, 0.2) is 0 Å². The van der Waals surface area contributed by atoms with Crippen LogP contribution in [-0.2, 0) is 0 Å². The monoisotopic (exact) mass is 173 g/mol. The molecular formula is C9H19NS. The van der Waals surface area contributed by atoms with Crippen LogP contribution in [-0.4, -0.2) is 17.2 Å². The summed E-state index contributed by atoms with van der Waals surface area (Å²) in [6.07, 6.45) is 2.58. The van der Waals surface area contributed by atoms with E-state index in [4.69, 9.17) is 0 Å². The zero-order valence-electron chi connectivity index (χ0n) is 7.81. The molecule has 0 aromatic heterocycles. The molecule has 0 aromatic rings. The first-order chi connectivity index (χ1) is 5.16. The Morgan fingerprint density at radius 3 is 2.82 bits per heavy atom. The molecule has 2 unspecified atom stereocenters. The third-order valence-corrected chi connectivity index (χ3v) is 3.96. The van der Waals surface area contributed by atoms with Gasteiger partial charge in [0.05, 0.1) is 4.87 Å². The molecule has 0 aromatic carbocycles. The zero-order valence-corrected chi connectivity index (χ0v) is 8.63. The molecule has 0 saturated carbocycles. The summed E-state index contributed by atoms with van der Waals surface area (Å²) in [5.41, 5.74) is 0. The zero-order chi connectivity index (χ0) is 8.32. The minimum absolute atomic E-state index is 0.376. The first kappa shape index (κ1) is 9.40. The fraction of sp³-hybridized carbons (Fsp3) is 1.00. The fourth-order valence-corrected chi connectivity index (χ4v) is 2.77. The van der Waals surface area contributed by atoms with Crippen LogP contribution in [0, 0.1) is 5.92 Å². The van der Waals surface area contributed by atoms with Crippen LogP contribution in [0.25, 0.3) is 0 Å². The van der Waals surface area contributed by atoms with Crippen LogP contribution < -0.4 is 5.32 Å². The van der Waals surface area contributed by atoms with Crippen molar-refractivity contribution in [3.05, 3.63) is 0 Å². The van der Waals surface area contributed by atoms with Gasteiger partial charge in [-0.1, -0.05) is 20.3 Å². The third kappa shape index (κ3) is 2.68. The van der Waals surface area contributed by atoms with Crippen molar-refractivity contribution in [3.63, 3.8) is 0 Å². The number of nitrogens with one attached hydrogen (secondary N) is 1. The van der Waals surface area contributed by atoms with Crippen molar-refractivity contribution in [3.8, 4) is 0 Å². The molecule has 1 nitrogen and oxygen atoms in total. The van der Waals surface area contributed by atoms with Gasteiger partial charge in [0.2, 0.25) is 0 Å². The molecule has 0 aliphatic carbocycles. The van der Waals surface area contributed by atoms with E-state index < -0.39 is 0 Å². The Bertz CT molecular complexity index is 117. The molecule has 1 heterocycles. The molecule has 66 valence electrons. The van der Waals surface area contributed by atoms with E-state index >= 15 is 0 Å². The van der Waals surface area contributed by atoms with Gasteiger partial charge in [-0.05, 0) is 31.6 Å². The Morgan fingerprint density at radius 2 is 2.36 bits per heavy atom. The van der Waals surface area contributed by atoms with E-state index in [1.54, 1.807) is 0 Å². The van der Waals surface area contributed by atoms with E-state index in [1.807, 2.05) is 0 Å². The van der Waals surface area contributed by atoms with Crippen molar-refractivity contribution < 1.29 is 0 Å².